The second-order valence-corrected chi connectivity index (χ2v) is 6.35. The molecule has 2 rings (SSSR count). The number of fused-ring (bicyclic) bond motifs is 1. The van der Waals surface area contributed by atoms with Gasteiger partial charge in [0, 0.05) is 24.7 Å². The molecule has 21 heavy (non-hydrogen) atoms. The van der Waals surface area contributed by atoms with Crippen LogP contribution in [-0.4, -0.2) is 19.0 Å². The van der Waals surface area contributed by atoms with E-state index in [-0.39, 0.29) is 5.91 Å². The molecule has 116 valence electrons. The summed E-state index contributed by atoms with van der Waals surface area (Å²) in [4.78, 5) is 14.6. The molecule has 0 bridgehead atoms. The number of carbonyl (C=O) groups excluding carboxylic acids is 1. The highest BCUT2D eigenvalue weighted by Gasteiger charge is 2.25. The van der Waals surface area contributed by atoms with Gasteiger partial charge in [0.15, 0.2) is 0 Å². The molecule has 1 aromatic carbocycles. The predicted molar refractivity (Wildman–Crippen MR) is 88.5 cm³/mol. The van der Waals surface area contributed by atoms with Crippen molar-refractivity contribution in [3.05, 3.63) is 29.8 Å². The highest BCUT2D eigenvalue weighted by Crippen LogP contribution is 2.33. The molecule has 3 nitrogen and oxygen atoms in total. The molecule has 1 N–H and O–H groups in total. The molecule has 0 radical (unpaired) electrons. The van der Waals surface area contributed by atoms with Crippen LogP contribution in [0.5, 0.6) is 0 Å². The molecule has 0 spiro atoms. The molecule has 1 amide bonds. The minimum Gasteiger partial charge on any atom is -0.312 e. The van der Waals surface area contributed by atoms with Gasteiger partial charge in [-0.25, -0.2) is 0 Å². The maximum Gasteiger partial charge on any atom is 0.227 e. The smallest absolute Gasteiger partial charge is 0.227 e. The molecule has 1 unspecified atom stereocenters. The minimum absolute atomic E-state index is 0.258. The average molecular weight is 288 g/mol. The van der Waals surface area contributed by atoms with Gasteiger partial charge in [-0.15, -0.1) is 0 Å². The highest BCUT2D eigenvalue weighted by molar-refractivity contribution is 5.94. The molecule has 1 aliphatic rings. The first-order valence-corrected chi connectivity index (χ1v) is 8.26. The number of rotatable bonds is 5. The van der Waals surface area contributed by atoms with E-state index in [1.54, 1.807) is 0 Å². The topological polar surface area (TPSA) is 32.3 Å². The normalized spacial score (nSPS) is 18.5. The molecule has 1 heterocycles. The van der Waals surface area contributed by atoms with E-state index in [1.807, 2.05) is 11.0 Å². The Balaban J connectivity index is 2.26. The molecule has 1 aromatic rings. The van der Waals surface area contributed by atoms with Crippen molar-refractivity contribution in [3.8, 4) is 0 Å². The third-order valence-electron chi connectivity index (χ3n) is 4.00. The van der Waals surface area contributed by atoms with Crippen molar-refractivity contribution in [1.82, 2.24) is 5.32 Å². The average Bonchev–Trinajstić information content (AvgIpc) is 2.64. The lowest BCUT2D eigenvalue weighted by Crippen LogP contribution is -2.32. The lowest BCUT2D eigenvalue weighted by atomic mass is 10.0. The van der Waals surface area contributed by atoms with Crippen molar-refractivity contribution < 1.29 is 4.79 Å². The standard InChI is InChI=1S/C18H28N2O/c1-4-11-19-16-9-7-12-20(18(21)13-14(2)3)17-10-6-5-8-15(16)17/h5-6,8,10,14,16,19H,4,7,9,11-13H2,1-3H3. The maximum absolute atomic E-state index is 12.6. The third kappa shape index (κ3) is 4.07. The molecule has 1 atom stereocenters. The van der Waals surface area contributed by atoms with Crippen molar-refractivity contribution in [3.63, 3.8) is 0 Å². The second kappa shape index (κ2) is 7.60. The van der Waals surface area contributed by atoms with Crippen molar-refractivity contribution >= 4 is 11.6 Å². The van der Waals surface area contributed by atoms with Crippen LogP contribution in [0, 0.1) is 5.92 Å². The number of anilines is 1. The van der Waals surface area contributed by atoms with E-state index in [2.05, 4.69) is 44.3 Å². The summed E-state index contributed by atoms with van der Waals surface area (Å²) in [5.74, 6) is 0.663. The van der Waals surface area contributed by atoms with E-state index in [9.17, 15) is 4.79 Å². The second-order valence-electron chi connectivity index (χ2n) is 6.35. The quantitative estimate of drug-likeness (QED) is 0.891. The van der Waals surface area contributed by atoms with Gasteiger partial charge in [-0.1, -0.05) is 39.0 Å². The highest BCUT2D eigenvalue weighted by atomic mass is 16.2. The van der Waals surface area contributed by atoms with Gasteiger partial charge in [-0.05, 0) is 43.4 Å². The number of nitrogens with zero attached hydrogens (tertiary/aromatic N) is 1. The molecular formula is C18H28N2O. The fraction of sp³-hybridized carbons (Fsp3) is 0.611. The van der Waals surface area contributed by atoms with Gasteiger partial charge in [-0.3, -0.25) is 4.79 Å². The Hall–Kier alpha value is -1.35. The van der Waals surface area contributed by atoms with Crippen LogP contribution in [0.25, 0.3) is 0 Å². The Kier molecular flexibility index (Phi) is 5.80. The van der Waals surface area contributed by atoms with Gasteiger partial charge in [0.2, 0.25) is 5.91 Å². The van der Waals surface area contributed by atoms with Crippen LogP contribution in [0.15, 0.2) is 24.3 Å². The molecule has 0 aromatic heterocycles. The summed E-state index contributed by atoms with van der Waals surface area (Å²) < 4.78 is 0. The van der Waals surface area contributed by atoms with Gasteiger partial charge in [0.25, 0.3) is 0 Å². The zero-order valence-corrected chi connectivity index (χ0v) is 13.6. The van der Waals surface area contributed by atoms with E-state index in [4.69, 9.17) is 0 Å². The first-order valence-electron chi connectivity index (χ1n) is 8.26. The fourth-order valence-electron chi connectivity index (χ4n) is 3.01. The van der Waals surface area contributed by atoms with Gasteiger partial charge >= 0.3 is 0 Å². The van der Waals surface area contributed by atoms with Crippen molar-refractivity contribution in [2.75, 3.05) is 18.0 Å². The number of hydrogen-bond donors (Lipinski definition) is 1. The summed E-state index contributed by atoms with van der Waals surface area (Å²) in [7, 11) is 0. The number of amides is 1. The lowest BCUT2D eigenvalue weighted by molar-refractivity contribution is -0.119. The van der Waals surface area contributed by atoms with Crippen LogP contribution in [0.1, 0.15) is 58.1 Å². The van der Waals surface area contributed by atoms with Crippen molar-refractivity contribution in [2.45, 2.75) is 52.5 Å². The molecule has 1 aliphatic heterocycles. The Morgan fingerprint density at radius 2 is 2.14 bits per heavy atom. The SMILES string of the molecule is CCCNC1CCCN(C(=O)CC(C)C)c2ccccc21. The number of nitrogens with one attached hydrogen (secondary N) is 1. The molecule has 0 saturated heterocycles. The van der Waals surface area contributed by atoms with Crippen LogP contribution in [0.3, 0.4) is 0 Å². The Labute approximate surface area is 128 Å². The minimum atomic E-state index is 0.258. The number of hydrogen-bond acceptors (Lipinski definition) is 2. The van der Waals surface area contributed by atoms with Crippen molar-refractivity contribution in [1.29, 1.82) is 0 Å². The molecule has 0 saturated carbocycles. The van der Waals surface area contributed by atoms with E-state index >= 15 is 0 Å². The largest absolute Gasteiger partial charge is 0.312 e. The van der Waals surface area contributed by atoms with Crippen molar-refractivity contribution in [2.24, 2.45) is 5.92 Å². The maximum atomic E-state index is 12.6. The summed E-state index contributed by atoms with van der Waals surface area (Å²) in [6.45, 7) is 8.26. The van der Waals surface area contributed by atoms with Gasteiger partial charge in [0.1, 0.15) is 0 Å². The summed E-state index contributed by atoms with van der Waals surface area (Å²) >= 11 is 0. The summed E-state index contributed by atoms with van der Waals surface area (Å²) in [6.07, 6.45) is 3.92. The molecule has 0 aliphatic carbocycles. The number of para-hydroxylation sites is 1. The van der Waals surface area contributed by atoms with E-state index < -0.39 is 0 Å². The van der Waals surface area contributed by atoms with Crippen LogP contribution in [-0.2, 0) is 4.79 Å². The zero-order valence-electron chi connectivity index (χ0n) is 13.6. The number of carbonyl (C=O) groups is 1. The van der Waals surface area contributed by atoms with E-state index in [1.165, 1.54) is 5.56 Å². The molecule has 0 fully saturated rings. The Bertz CT molecular complexity index is 470. The summed E-state index contributed by atoms with van der Waals surface area (Å²) in [5, 5.41) is 3.63. The van der Waals surface area contributed by atoms with Gasteiger partial charge in [-0.2, -0.15) is 0 Å². The summed E-state index contributed by atoms with van der Waals surface area (Å²) in [6, 6.07) is 8.76. The Morgan fingerprint density at radius 1 is 1.38 bits per heavy atom. The molecular weight excluding hydrogens is 260 g/mol. The monoisotopic (exact) mass is 288 g/mol. The number of benzene rings is 1. The Morgan fingerprint density at radius 3 is 2.86 bits per heavy atom. The van der Waals surface area contributed by atoms with Crippen LogP contribution in [0.4, 0.5) is 5.69 Å². The first-order chi connectivity index (χ1) is 10.1. The van der Waals surface area contributed by atoms with E-state index in [0.717, 1.165) is 38.0 Å². The van der Waals surface area contributed by atoms with E-state index in [0.29, 0.717) is 18.4 Å². The predicted octanol–water partition coefficient (Wildman–Crippen LogP) is 3.90. The lowest BCUT2D eigenvalue weighted by Gasteiger charge is -2.25. The van der Waals surface area contributed by atoms with Crippen LogP contribution in [0.2, 0.25) is 0 Å². The van der Waals surface area contributed by atoms with Crippen LogP contribution < -0.4 is 10.2 Å². The van der Waals surface area contributed by atoms with Gasteiger partial charge in [0.05, 0.1) is 0 Å². The fourth-order valence-corrected chi connectivity index (χ4v) is 3.01. The third-order valence-corrected chi connectivity index (χ3v) is 4.00. The molecule has 3 heteroatoms. The first kappa shape index (κ1) is 16.0. The summed E-state index contributed by atoms with van der Waals surface area (Å²) in [5.41, 5.74) is 2.38. The zero-order chi connectivity index (χ0) is 15.2. The van der Waals surface area contributed by atoms with Gasteiger partial charge < -0.3 is 10.2 Å². The van der Waals surface area contributed by atoms with Crippen LogP contribution >= 0.6 is 0 Å².